The van der Waals surface area contributed by atoms with Gasteiger partial charge in [-0.3, -0.25) is 9.97 Å². The average Bonchev–Trinajstić information content (AvgIpc) is 3.49. The monoisotopic (exact) mass is 435 g/mol. The standard InChI is InChI=1S/C24H33N7O/c1-4-7-18-16-25-24(17(2)26-18)20-14-22-27-21(30-10-5-6-11-30)15-23(31(22)28-20)29(3)19-8-12-32-13-9-19/h14-16,19H,4-13H2,1-3H3. The smallest absolute Gasteiger partial charge is 0.160 e. The maximum absolute atomic E-state index is 5.60. The van der Waals surface area contributed by atoms with Gasteiger partial charge in [0.15, 0.2) is 5.65 Å². The molecule has 2 aliphatic heterocycles. The van der Waals surface area contributed by atoms with Crippen LogP contribution in [0.15, 0.2) is 18.3 Å². The first-order chi connectivity index (χ1) is 15.6. The van der Waals surface area contributed by atoms with Gasteiger partial charge in [0.1, 0.15) is 23.0 Å². The van der Waals surface area contributed by atoms with E-state index in [1.165, 1.54) is 12.8 Å². The Bertz CT molecular complexity index is 1080. The summed E-state index contributed by atoms with van der Waals surface area (Å²) < 4.78 is 7.57. The molecule has 0 amide bonds. The molecule has 8 heteroatoms. The number of anilines is 2. The normalized spacial score (nSPS) is 17.4. The Kier molecular flexibility index (Phi) is 5.95. The summed E-state index contributed by atoms with van der Waals surface area (Å²) in [6.07, 6.45) is 8.39. The van der Waals surface area contributed by atoms with Crippen LogP contribution in [-0.4, -0.2) is 64.0 Å². The molecule has 0 atom stereocenters. The molecule has 0 unspecified atom stereocenters. The van der Waals surface area contributed by atoms with Gasteiger partial charge in [0.2, 0.25) is 0 Å². The lowest BCUT2D eigenvalue weighted by Gasteiger charge is -2.33. The number of nitrogens with zero attached hydrogens (tertiary/aromatic N) is 7. The van der Waals surface area contributed by atoms with Crippen LogP contribution < -0.4 is 9.80 Å². The summed E-state index contributed by atoms with van der Waals surface area (Å²) in [5, 5.41) is 4.96. The second-order valence-corrected chi connectivity index (χ2v) is 8.97. The van der Waals surface area contributed by atoms with Crippen molar-refractivity contribution in [3.05, 3.63) is 29.7 Å². The molecular weight excluding hydrogens is 402 g/mol. The van der Waals surface area contributed by atoms with Crippen molar-refractivity contribution in [2.45, 2.75) is 58.4 Å². The van der Waals surface area contributed by atoms with Gasteiger partial charge in [0.25, 0.3) is 0 Å². The van der Waals surface area contributed by atoms with Gasteiger partial charge in [0.05, 0.1) is 11.4 Å². The SMILES string of the molecule is CCCc1cnc(-c2cc3nc(N4CCCC4)cc(N(C)C4CCOCC4)n3n2)c(C)n1. The topological polar surface area (TPSA) is 71.7 Å². The third-order valence-corrected chi connectivity index (χ3v) is 6.67. The van der Waals surface area contributed by atoms with Crippen LogP contribution in [0.4, 0.5) is 11.6 Å². The van der Waals surface area contributed by atoms with Crippen LogP contribution in [0.3, 0.4) is 0 Å². The quantitative estimate of drug-likeness (QED) is 0.585. The fourth-order valence-corrected chi connectivity index (χ4v) is 4.84. The number of rotatable bonds is 6. The lowest BCUT2D eigenvalue weighted by atomic mass is 10.1. The molecule has 0 bridgehead atoms. The van der Waals surface area contributed by atoms with Crippen LogP contribution >= 0.6 is 0 Å². The van der Waals surface area contributed by atoms with E-state index in [1.54, 1.807) is 0 Å². The Morgan fingerprint density at radius 2 is 1.91 bits per heavy atom. The number of fused-ring (bicyclic) bond motifs is 1. The van der Waals surface area contributed by atoms with Crippen molar-refractivity contribution in [3.63, 3.8) is 0 Å². The van der Waals surface area contributed by atoms with Crippen LogP contribution in [0.25, 0.3) is 17.0 Å². The molecule has 3 aromatic heterocycles. The van der Waals surface area contributed by atoms with Gasteiger partial charge in [0, 0.05) is 57.7 Å². The van der Waals surface area contributed by atoms with E-state index in [2.05, 4.69) is 35.9 Å². The molecule has 0 aromatic carbocycles. The van der Waals surface area contributed by atoms with Crippen molar-refractivity contribution in [1.82, 2.24) is 24.6 Å². The Labute approximate surface area is 189 Å². The van der Waals surface area contributed by atoms with E-state index in [9.17, 15) is 0 Å². The van der Waals surface area contributed by atoms with Crippen molar-refractivity contribution in [3.8, 4) is 11.4 Å². The third-order valence-electron chi connectivity index (χ3n) is 6.67. The molecule has 8 nitrogen and oxygen atoms in total. The Morgan fingerprint density at radius 1 is 1.12 bits per heavy atom. The zero-order chi connectivity index (χ0) is 22.1. The van der Waals surface area contributed by atoms with E-state index in [0.717, 1.165) is 92.0 Å². The fraction of sp³-hybridized carbons (Fsp3) is 0.583. The molecule has 0 aliphatic carbocycles. The number of aryl methyl sites for hydroxylation is 2. The van der Waals surface area contributed by atoms with Gasteiger partial charge < -0.3 is 14.5 Å². The maximum atomic E-state index is 5.60. The van der Waals surface area contributed by atoms with Gasteiger partial charge in [-0.25, -0.2) is 4.98 Å². The van der Waals surface area contributed by atoms with Crippen molar-refractivity contribution in [2.75, 3.05) is 43.2 Å². The maximum Gasteiger partial charge on any atom is 0.160 e. The van der Waals surface area contributed by atoms with Crippen molar-refractivity contribution < 1.29 is 4.74 Å². The van der Waals surface area contributed by atoms with E-state index in [-0.39, 0.29) is 0 Å². The van der Waals surface area contributed by atoms with Crippen molar-refractivity contribution in [2.24, 2.45) is 0 Å². The van der Waals surface area contributed by atoms with Gasteiger partial charge >= 0.3 is 0 Å². The fourth-order valence-electron chi connectivity index (χ4n) is 4.84. The van der Waals surface area contributed by atoms with Crippen LogP contribution in [0.5, 0.6) is 0 Å². The molecule has 0 radical (unpaired) electrons. The Balaban J connectivity index is 1.58. The summed E-state index contributed by atoms with van der Waals surface area (Å²) in [6, 6.07) is 4.69. The molecule has 32 heavy (non-hydrogen) atoms. The Hall–Kier alpha value is -2.74. The van der Waals surface area contributed by atoms with Crippen LogP contribution in [-0.2, 0) is 11.2 Å². The highest BCUT2D eigenvalue weighted by atomic mass is 16.5. The first-order valence-electron chi connectivity index (χ1n) is 11.9. The minimum Gasteiger partial charge on any atom is -0.381 e. The summed E-state index contributed by atoms with van der Waals surface area (Å²) >= 11 is 0. The summed E-state index contributed by atoms with van der Waals surface area (Å²) in [4.78, 5) is 19.2. The van der Waals surface area contributed by atoms with Crippen molar-refractivity contribution in [1.29, 1.82) is 0 Å². The van der Waals surface area contributed by atoms with Crippen LogP contribution in [0.2, 0.25) is 0 Å². The highest BCUT2D eigenvalue weighted by molar-refractivity contribution is 5.67. The van der Waals surface area contributed by atoms with E-state index >= 15 is 0 Å². The van der Waals surface area contributed by atoms with E-state index < -0.39 is 0 Å². The molecule has 2 saturated heterocycles. The molecule has 5 rings (SSSR count). The third kappa shape index (κ3) is 4.03. The predicted molar refractivity (Wildman–Crippen MR) is 126 cm³/mol. The predicted octanol–water partition coefficient (Wildman–Crippen LogP) is 3.66. The zero-order valence-corrected chi connectivity index (χ0v) is 19.4. The van der Waals surface area contributed by atoms with Gasteiger partial charge in [-0.15, -0.1) is 0 Å². The molecule has 0 N–H and O–H groups in total. The minimum absolute atomic E-state index is 0.434. The average molecular weight is 436 g/mol. The molecule has 5 heterocycles. The minimum atomic E-state index is 0.434. The first kappa shape index (κ1) is 21.1. The van der Waals surface area contributed by atoms with Crippen molar-refractivity contribution >= 4 is 17.3 Å². The van der Waals surface area contributed by atoms with E-state index in [0.29, 0.717) is 6.04 Å². The molecule has 0 spiro atoms. The highest BCUT2D eigenvalue weighted by Gasteiger charge is 2.24. The van der Waals surface area contributed by atoms with Crippen LogP contribution in [0.1, 0.15) is 50.4 Å². The summed E-state index contributed by atoms with van der Waals surface area (Å²) in [5.41, 5.74) is 4.46. The molecular formula is C24H33N7O. The second-order valence-electron chi connectivity index (χ2n) is 8.97. The number of hydrogen-bond donors (Lipinski definition) is 0. The second kappa shape index (κ2) is 9.02. The lowest BCUT2D eigenvalue weighted by molar-refractivity contribution is 0.0853. The van der Waals surface area contributed by atoms with E-state index in [4.69, 9.17) is 24.8 Å². The summed E-state index contributed by atoms with van der Waals surface area (Å²) in [5.74, 6) is 2.11. The molecule has 2 fully saturated rings. The lowest BCUT2D eigenvalue weighted by Crippen LogP contribution is -2.38. The largest absolute Gasteiger partial charge is 0.381 e. The first-order valence-corrected chi connectivity index (χ1v) is 11.9. The molecule has 170 valence electrons. The number of hydrogen-bond acceptors (Lipinski definition) is 7. The van der Waals surface area contributed by atoms with E-state index in [1.807, 2.05) is 17.6 Å². The summed E-state index contributed by atoms with van der Waals surface area (Å²) in [6.45, 7) is 7.93. The zero-order valence-electron chi connectivity index (χ0n) is 19.4. The van der Waals surface area contributed by atoms with Gasteiger partial charge in [-0.1, -0.05) is 13.3 Å². The van der Waals surface area contributed by atoms with Gasteiger partial charge in [-0.2, -0.15) is 9.61 Å². The van der Waals surface area contributed by atoms with Crippen LogP contribution in [0, 0.1) is 6.92 Å². The molecule has 3 aromatic rings. The molecule has 0 saturated carbocycles. The number of aromatic nitrogens is 5. The summed E-state index contributed by atoms with van der Waals surface area (Å²) in [7, 11) is 2.17. The van der Waals surface area contributed by atoms with Gasteiger partial charge in [-0.05, 0) is 39.0 Å². The molecule has 2 aliphatic rings. The number of ether oxygens (including phenoxy) is 1. The Morgan fingerprint density at radius 3 is 2.62 bits per heavy atom. The highest BCUT2D eigenvalue weighted by Crippen LogP contribution is 2.30.